The molecule has 5 nitrogen and oxygen atoms in total. The van der Waals surface area contributed by atoms with Crippen molar-refractivity contribution in [2.24, 2.45) is 5.92 Å². The lowest BCUT2D eigenvalue weighted by molar-refractivity contribution is 0.184. The highest BCUT2D eigenvalue weighted by Gasteiger charge is 2.21. The van der Waals surface area contributed by atoms with Gasteiger partial charge in [0.25, 0.3) is 0 Å². The van der Waals surface area contributed by atoms with Crippen LogP contribution in [0.15, 0.2) is 17.0 Å². The van der Waals surface area contributed by atoms with Gasteiger partial charge in [-0.2, -0.15) is 0 Å². The Labute approximate surface area is 124 Å². The number of nitrogens with one attached hydrogen (secondary N) is 1. The fourth-order valence-electron chi connectivity index (χ4n) is 2.36. The first-order chi connectivity index (χ1) is 9.94. The molecule has 0 radical (unpaired) electrons. The van der Waals surface area contributed by atoms with Crippen molar-refractivity contribution in [1.29, 1.82) is 0 Å². The molecular formula is C14H20FNO4S. The second-order valence-electron chi connectivity index (χ2n) is 5.27. The third-order valence-electron chi connectivity index (χ3n) is 3.70. The van der Waals surface area contributed by atoms with Crippen molar-refractivity contribution in [3.63, 3.8) is 0 Å². The van der Waals surface area contributed by atoms with E-state index < -0.39 is 22.4 Å². The van der Waals surface area contributed by atoms with Crippen molar-refractivity contribution >= 4 is 10.0 Å². The molecule has 0 aliphatic carbocycles. The lowest BCUT2D eigenvalue weighted by Crippen LogP contribution is -2.27. The van der Waals surface area contributed by atoms with Crippen LogP contribution in [0.3, 0.4) is 0 Å². The van der Waals surface area contributed by atoms with Crippen LogP contribution in [0.4, 0.5) is 4.39 Å². The lowest BCUT2D eigenvalue weighted by Gasteiger charge is -2.13. The number of hydrogen-bond acceptors (Lipinski definition) is 4. The van der Waals surface area contributed by atoms with E-state index in [2.05, 4.69) is 4.72 Å². The summed E-state index contributed by atoms with van der Waals surface area (Å²) in [5, 5.41) is 9.07. The molecule has 1 atom stereocenters. The molecule has 0 amide bonds. The summed E-state index contributed by atoms with van der Waals surface area (Å²) in [6.45, 7) is 2.69. The van der Waals surface area contributed by atoms with E-state index in [1.165, 1.54) is 13.0 Å². The van der Waals surface area contributed by atoms with E-state index in [9.17, 15) is 12.8 Å². The first kappa shape index (κ1) is 16.4. The third-order valence-corrected chi connectivity index (χ3v) is 5.28. The molecule has 1 aromatic carbocycles. The van der Waals surface area contributed by atoms with Gasteiger partial charge in [0.1, 0.15) is 5.82 Å². The normalized spacial score (nSPS) is 19.1. The first-order valence-electron chi connectivity index (χ1n) is 6.91. The van der Waals surface area contributed by atoms with Gasteiger partial charge in [-0.15, -0.1) is 0 Å². The lowest BCUT2D eigenvalue weighted by atomic mass is 10.1. The molecule has 1 fully saturated rings. The maximum Gasteiger partial charge on any atom is 0.240 e. The van der Waals surface area contributed by atoms with Gasteiger partial charge in [0.2, 0.25) is 10.0 Å². The van der Waals surface area contributed by atoms with Crippen LogP contribution in [-0.2, 0) is 21.4 Å². The topological polar surface area (TPSA) is 75.6 Å². The van der Waals surface area contributed by atoms with Crippen LogP contribution < -0.4 is 4.72 Å². The highest BCUT2D eigenvalue weighted by Crippen LogP contribution is 2.21. The Morgan fingerprint density at radius 2 is 2.24 bits per heavy atom. The molecule has 2 N–H and O–H groups in total. The van der Waals surface area contributed by atoms with Gasteiger partial charge in [0, 0.05) is 25.3 Å². The van der Waals surface area contributed by atoms with Crippen molar-refractivity contribution in [3.05, 3.63) is 29.1 Å². The van der Waals surface area contributed by atoms with Gasteiger partial charge < -0.3 is 9.84 Å². The minimum absolute atomic E-state index is 0.0592. The highest BCUT2D eigenvalue weighted by atomic mass is 32.2. The van der Waals surface area contributed by atoms with Crippen LogP contribution in [0, 0.1) is 18.7 Å². The molecule has 1 aliphatic heterocycles. The minimum Gasteiger partial charge on any atom is -0.392 e. The quantitative estimate of drug-likeness (QED) is 0.830. The summed E-state index contributed by atoms with van der Waals surface area (Å²) in [7, 11) is -3.78. The van der Waals surface area contributed by atoms with Gasteiger partial charge in [-0.3, -0.25) is 0 Å². The SMILES string of the molecule is Cc1c(F)cc(CO)cc1S(=O)(=O)NCCC1CCOC1. The molecule has 21 heavy (non-hydrogen) atoms. The summed E-state index contributed by atoms with van der Waals surface area (Å²) in [6.07, 6.45) is 1.63. The number of halogens is 1. The zero-order valence-electron chi connectivity index (χ0n) is 11.9. The van der Waals surface area contributed by atoms with Crippen LogP contribution in [0.1, 0.15) is 24.0 Å². The van der Waals surface area contributed by atoms with E-state index in [-0.39, 0.29) is 16.0 Å². The maximum atomic E-state index is 13.7. The molecule has 2 rings (SSSR count). The number of aliphatic hydroxyl groups is 1. The molecule has 7 heteroatoms. The number of hydrogen-bond donors (Lipinski definition) is 2. The van der Waals surface area contributed by atoms with Gasteiger partial charge in [0.05, 0.1) is 11.5 Å². The number of aliphatic hydroxyl groups excluding tert-OH is 1. The zero-order chi connectivity index (χ0) is 15.5. The first-order valence-corrected chi connectivity index (χ1v) is 8.39. The molecule has 1 aliphatic rings. The highest BCUT2D eigenvalue weighted by molar-refractivity contribution is 7.89. The maximum absolute atomic E-state index is 13.7. The number of benzene rings is 1. The predicted octanol–water partition coefficient (Wildman–Crippen LogP) is 1.33. The fraction of sp³-hybridized carbons (Fsp3) is 0.571. The van der Waals surface area contributed by atoms with Crippen molar-refractivity contribution in [3.8, 4) is 0 Å². The predicted molar refractivity (Wildman–Crippen MR) is 75.8 cm³/mol. The van der Waals surface area contributed by atoms with Crippen LogP contribution >= 0.6 is 0 Å². The zero-order valence-corrected chi connectivity index (χ0v) is 12.7. The molecular weight excluding hydrogens is 297 g/mol. The van der Waals surface area contributed by atoms with E-state index in [1.807, 2.05) is 0 Å². The number of ether oxygens (including phenoxy) is 1. The van der Waals surface area contributed by atoms with Gasteiger partial charge >= 0.3 is 0 Å². The molecule has 118 valence electrons. The number of sulfonamides is 1. The average Bonchev–Trinajstić information content (AvgIpc) is 2.94. The van der Waals surface area contributed by atoms with Crippen LogP contribution in [0.2, 0.25) is 0 Å². The molecule has 0 spiro atoms. The van der Waals surface area contributed by atoms with Crippen molar-refractivity contribution in [1.82, 2.24) is 4.72 Å². The van der Waals surface area contributed by atoms with Crippen molar-refractivity contribution < 1.29 is 22.7 Å². The Morgan fingerprint density at radius 3 is 2.86 bits per heavy atom. The average molecular weight is 317 g/mol. The Bertz CT molecular complexity index is 597. The summed E-state index contributed by atoms with van der Waals surface area (Å²) in [6, 6.07) is 2.45. The number of rotatable bonds is 6. The standard InChI is InChI=1S/C14H20FNO4S/c1-10-13(15)6-12(8-17)7-14(10)21(18,19)16-4-2-11-3-5-20-9-11/h6-7,11,16-17H,2-5,8-9H2,1H3. The Kier molecular flexibility index (Phi) is 5.32. The third kappa shape index (κ3) is 4.00. The monoisotopic (exact) mass is 317 g/mol. The summed E-state index contributed by atoms with van der Waals surface area (Å²) in [4.78, 5) is -0.116. The Balaban J connectivity index is 2.09. The van der Waals surface area contributed by atoms with Gasteiger partial charge in [0.15, 0.2) is 0 Å². The Morgan fingerprint density at radius 1 is 1.48 bits per heavy atom. The smallest absolute Gasteiger partial charge is 0.240 e. The largest absolute Gasteiger partial charge is 0.392 e. The van der Waals surface area contributed by atoms with E-state index in [1.54, 1.807) is 0 Å². The van der Waals surface area contributed by atoms with Crippen molar-refractivity contribution in [2.75, 3.05) is 19.8 Å². The summed E-state index contributed by atoms with van der Waals surface area (Å²) < 4.78 is 45.9. The minimum atomic E-state index is -3.78. The molecule has 0 aromatic heterocycles. The van der Waals surface area contributed by atoms with Crippen LogP contribution in [-0.4, -0.2) is 33.3 Å². The molecule has 1 unspecified atom stereocenters. The van der Waals surface area contributed by atoms with E-state index in [4.69, 9.17) is 9.84 Å². The van der Waals surface area contributed by atoms with Crippen molar-refractivity contribution in [2.45, 2.75) is 31.3 Å². The van der Waals surface area contributed by atoms with Crippen LogP contribution in [0.25, 0.3) is 0 Å². The van der Waals surface area contributed by atoms with Gasteiger partial charge in [-0.05, 0) is 43.4 Å². The second-order valence-corrected chi connectivity index (χ2v) is 7.01. The Hall–Kier alpha value is -1.02. The second kappa shape index (κ2) is 6.83. The van der Waals surface area contributed by atoms with E-state index in [0.29, 0.717) is 25.5 Å². The summed E-state index contributed by atoms with van der Waals surface area (Å²) in [5.41, 5.74) is 0.298. The van der Waals surface area contributed by atoms with E-state index >= 15 is 0 Å². The summed E-state index contributed by atoms with van der Waals surface area (Å²) in [5.74, 6) is -0.263. The molecule has 0 saturated carbocycles. The summed E-state index contributed by atoms with van der Waals surface area (Å²) >= 11 is 0. The van der Waals surface area contributed by atoms with Gasteiger partial charge in [-0.1, -0.05) is 0 Å². The fourth-order valence-corrected chi connectivity index (χ4v) is 3.71. The molecule has 1 heterocycles. The molecule has 1 saturated heterocycles. The van der Waals surface area contributed by atoms with Crippen LogP contribution in [0.5, 0.6) is 0 Å². The van der Waals surface area contributed by atoms with E-state index in [0.717, 1.165) is 19.1 Å². The van der Waals surface area contributed by atoms with Gasteiger partial charge in [-0.25, -0.2) is 17.5 Å². The molecule has 0 bridgehead atoms. The molecule has 1 aromatic rings.